The van der Waals surface area contributed by atoms with Gasteiger partial charge in [0.05, 0.1) is 14.2 Å². The number of unbranched alkanes of at least 4 members (excludes halogenated alkanes) is 1. The molecule has 0 atom stereocenters. The van der Waals surface area contributed by atoms with Crippen molar-refractivity contribution in [1.29, 1.82) is 0 Å². The molecule has 0 bridgehead atoms. The number of para-hydroxylation sites is 1. The van der Waals surface area contributed by atoms with Gasteiger partial charge in [-0.05, 0) is 50.4 Å². The van der Waals surface area contributed by atoms with E-state index in [4.69, 9.17) is 9.47 Å². The second-order valence-corrected chi connectivity index (χ2v) is 4.36. The molecule has 1 rings (SSSR count). The zero-order valence-electron chi connectivity index (χ0n) is 11.8. The molecule has 0 spiro atoms. The lowest BCUT2D eigenvalue weighted by Gasteiger charge is -2.12. The second kappa shape index (κ2) is 8.81. The predicted molar refractivity (Wildman–Crippen MR) is 75.6 cm³/mol. The highest BCUT2D eigenvalue weighted by Gasteiger charge is 2.08. The van der Waals surface area contributed by atoms with Crippen molar-refractivity contribution in [3.05, 3.63) is 23.8 Å². The molecule has 0 aliphatic carbocycles. The molecule has 0 radical (unpaired) electrons. The Hall–Kier alpha value is -1.22. The molecular weight excluding hydrogens is 226 g/mol. The lowest BCUT2D eigenvalue weighted by molar-refractivity contribution is 0.351. The molecule has 3 heteroatoms. The van der Waals surface area contributed by atoms with Crippen LogP contribution in [0.25, 0.3) is 0 Å². The van der Waals surface area contributed by atoms with E-state index in [1.165, 1.54) is 24.8 Å². The summed E-state index contributed by atoms with van der Waals surface area (Å²) in [6.07, 6.45) is 4.60. The summed E-state index contributed by atoms with van der Waals surface area (Å²) >= 11 is 0. The summed E-state index contributed by atoms with van der Waals surface area (Å²) in [5.74, 6) is 1.70. The van der Waals surface area contributed by atoms with Crippen molar-refractivity contribution in [3.63, 3.8) is 0 Å². The predicted octanol–water partition coefficient (Wildman–Crippen LogP) is 3.03. The average Bonchev–Trinajstić information content (AvgIpc) is 2.42. The van der Waals surface area contributed by atoms with Crippen LogP contribution in [0.5, 0.6) is 11.5 Å². The van der Waals surface area contributed by atoms with E-state index in [2.05, 4.69) is 18.3 Å². The van der Waals surface area contributed by atoms with Gasteiger partial charge in [0.1, 0.15) is 0 Å². The van der Waals surface area contributed by atoms with Crippen molar-refractivity contribution < 1.29 is 9.47 Å². The Morgan fingerprint density at radius 2 is 1.89 bits per heavy atom. The molecule has 0 saturated heterocycles. The molecule has 1 N–H and O–H groups in total. The quantitative estimate of drug-likeness (QED) is 0.684. The van der Waals surface area contributed by atoms with Crippen molar-refractivity contribution >= 4 is 0 Å². The minimum atomic E-state index is 0.819. The Labute approximate surface area is 110 Å². The highest BCUT2D eigenvalue weighted by molar-refractivity contribution is 5.46. The number of nitrogens with one attached hydrogen (secondary N) is 1. The summed E-state index contributed by atoms with van der Waals surface area (Å²) in [6.45, 7) is 4.40. The third kappa shape index (κ3) is 4.57. The lowest BCUT2D eigenvalue weighted by atomic mass is 10.1. The van der Waals surface area contributed by atoms with Crippen LogP contribution in [0, 0.1) is 0 Å². The third-order valence-electron chi connectivity index (χ3n) is 2.96. The van der Waals surface area contributed by atoms with E-state index in [1.807, 2.05) is 12.1 Å². The Balaban J connectivity index is 2.41. The molecule has 102 valence electrons. The molecular formula is C15H25NO2. The average molecular weight is 251 g/mol. The number of rotatable bonds is 9. The maximum absolute atomic E-state index is 5.42. The van der Waals surface area contributed by atoms with E-state index in [0.717, 1.165) is 31.0 Å². The molecule has 18 heavy (non-hydrogen) atoms. The van der Waals surface area contributed by atoms with Gasteiger partial charge in [-0.1, -0.05) is 19.1 Å². The van der Waals surface area contributed by atoms with Crippen LogP contribution in [-0.2, 0) is 6.42 Å². The van der Waals surface area contributed by atoms with Crippen molar-refractivity contribution in [1.82, 2.24) is 5.32 Å². The fourth-order valence-corrected chi connectivity index (χ4v) is 2.02. The number of aryl methyl sites for hydroxylation is 1. The molecule has 0 aromatic heterocycles. The van der Waals surface area contributed by atoms with Crippen LogP contribution < -0.4 is 14.8 Å². The van der Waals surface area contributed by atoms with E-state index in [9.17, 15) is 0 Å². The Morgan fingerprint density at radius 1 is 1.06 bits per heavy atom. The van der Waals surface area contributed by atoms with E-state index >= 15 is 0 Å². The van der Waals surface area contributed by atoms with Gasteiger partial charge in [0.25, 0.3) is 0 Å². The summed E-state index contributed by atoms with van der Waals surface area (Å²) in [6, 6.07) is 6.07. The van der Waals surface area contributed by atoms with Gasteiger partial charge in [-0.25, -0.2) is 0 Å². The number of hydrogen-bond acceptors (Lipinski definition) is 3. The molecule has 1 aromatic rings. The topological polar surface area (TPSA) is 30.5 Å². The standard InChI is InChI=1S/C15H25NO2/c1-4-11-16-12-6-5-8-13-9-7-10-14(17-2)15(13)18-3/h7,9-10,16H,4-6,8,11-12H2,1-3H3. The van der Waals surface area contributed by atoms with Crippen LogP contribution in [-0.4, -0.2) is 27.3 Å². The molecule has 0 amide bonds. The lowest BCUT2D eigenvalue weighted by Crippen LogP contribution is -2.15. The summed E-state index contributed by atoms with van der Waals surface area (Å²) < 4.78 is 10.7. The van der Waals surface area contributed by atoms with E-state index in [-0.39, 0.29) is 0 Å². The van der Waals surface area contributed by atoms with E-state index < -0.39 is 0 Å². The molecule has 0 unspecified atom stereocenters. The fraction of sp³-hybridized carbons (Fsp3) is 0.600. The largest absolute Gasteiger partial charge is 0.493 e. The van der Waals surface area contributed by atoms with Crippen LogP contribution in [0.1, 0.15) is 31.7 Å². The van der Waals surface area contributed by atoms with E-state index in [0.29, 0.717) is 0 Å². The smallest absolute Gasteiger partial charge is 0.163 e. The van der Waals surface area contributed by atoms with Gasteiger partial charge in [0, 0.05) is 0 Å². The summed E-state index contributed by atoms with van der Waals surface area (Å²) in [5, 5.41) is 3.42. The highest BCUT2D eigenvalue weighted by Crippen LogP contribution is 2.31. The van der Waals surface area contributed by atoms with Crippen LogP contribution in [0.2, 0.25) is 0 Å². The van der Waals surface area contributed by atoms with Gasteiger partial charge < -0.3 is 14.8 Å². The molecule has 3 nitrogen and oxygen atoms in total. The summed E-state index contributed by atoms with van der Waals surface area (Å²) in [5.41, 5.74) is 1.23. The van der Waals surface area contributed by atoms with Gasteiger partial charge >= 0.3 is 0 Å². The number of methoxy groups -OCH3 is 2. The highest BCUT2D eigenvalue weighted by atomic mass is 16.5. The Morgan fingerprint density at radius 3 is 2.56 bits per heavy atom. The van der Waals surface area contributed by atoms with Crippen molar-refractivity contribution in [2.75, 3.05) is 27.3 Å². The Bertz CT molecular complexity index is 339. The molecule has 0 heterocycles. The third-order valence-corrected chi connectivity index (χ3v) is 2.96. The normalized spacial score (nSPS) is 10.4. The van der Waals surface area contributed by atoms with Gasteiger partial charge in [-0.3, -0.25) is 0 Å². The van der Waals surface area contributed by atoms with Crippen LogP contribution in [0.3, 0.4) is 0 Å². The molecule has 0 saturated carbocycles. The number of benzene rings is 1. The van der Waals surface area contributed by atoms with E-state index in [1.54, 1.807) is 14.2 Å². The molecule has 1 aromatic carbocycles. The number of ether oxygens (including phenoxy) is 2. The van der Waals surface area contributed by atoms with Crippen molar-refractivity contribution in [3.8, 4) is 11.5 Å². The maximum Gasteiger partial charge on any atom is 0.163 e. The first-order valence-electron chi connectivity index (χ1n) is 6.74. The van der Waals surface area contributed by atoms with Gasteiger partial charge in [-0.15, -0.1) is 0 Å². The zero-order chi connectivity index (χ0) is 13.2. The maximum atomic E-state index is 5.42. The second-order valence-electron chi connectivity index (χ2n) is 4.36. The Kier molecular flexibility index (Phi) is 7.26. The monoisotopic (exact) mass is 251 g/mol. The fourth-order valence-electron chi connectivity index (χ4n) is 2.02. The molecule has 0 aliphatic rings. The first-order chi connectivity index (χ1) is 8.83. The zero-order valence-corrected chi connectivity index (χ0v) is 11.8. The SMILES string of the molecule is CCCNCCCCc1cccc(OC)c1OC. The molecule has 0 fully saturated rings. The van der Waals surface area contributed by atoms with Crippen LogP contribution in [0.4, 0.5) is 0 Å². The minimum absolute atomic E-state index is 0.819. The van der Waals surface area contributed by atoms with Crippen LogP contribution in [0.15, 0.2) is 18.2 Å². The van der Waals surface area contributed by atoms with Crippen molar-refractivity contribution in [2.24, 2.45) is 0 Å². The van der Waals surface area contributed by atoms with Gasteiger partial charge in [0.15, 0.2) is 11.5 Å². The molecule has 0 aliphatic heterocycles. The minimum Gasteiger partial charge on any atom is -0.493 e. The first-order valence-corrected chi connectivity index (χ1v) is 6.74. The first kappa shape index (κ1) is 14.8. The van der Waals surface area contributed by atoms with Gasteiger partial charge in [0.2, 0.25) is 0 Å². The van der Waals surface area contributed by atoms with Crippen molar-refractivity contribution in [2.45, 2.75) is 32.6 Å². The number of hydrogen-bond donors (Lipinski definition) is 1. The summed E-state index contributed by atoms with van der Waals surface area (Å²) in [7, 11) is 3.38. The van der Waals surface area contributed by atoms with Crippen LogP contribution >= 0.6 is 0 Å². The summed E-state index contributed by atoms with van der Waals surface area (Å²) in [4.78, 5) is 0. The van der Waals surface area contributed by atoms with Gasteiger partial charge in [-0.2, -0.15) is 0 Å².